The molecule has 0 fully saturated rings. The second-order valence-corrected chi connectivity index (χ2v) is 3.83. The summed E-state index contributed by atoms with van der Waals surface area (Å²) in [5, 5.41) is 0.720. The molecule has 0 amide bonds. The minimum absolute atomic E-state index is 0.657. The maximum atomic E-state index is 5.17. The van der Waals surface area contributed by atoms with Gasteiger partial charge in [0.2, 0.25) is 5.88 Å². The Balaban J connectivity index is 2.44. The lowest BCUT2D eigenvalue weighted by Gasteiger charge is -2.07. The number of halogens is 1. The molecule has 16 heavy (non-hydrogen) atoms. The number of methoxy groups -OCH3 is 1. The van der Waals surface area contributed by atoms with Crippen LogP contribution < -0.4 is 4.74 Å². The molecule has 0 saturated carbocycles. The molecule has 0 spiro atoms. The molecular formula is C12H11BrN2O. The molecule has 82 valence electrons. The summed E-state index contributed by atoms with van der Waals surface area (Å²) >= 11 is 3.42. The predicted octanol–water partition coefficient (Wildman–Crippen LogP) is 3.05. The first-order valence-corrected chi connectivity index (χ1v) is 5.96. The maximum absolute atomic E-state index is 5.17. The Bertz CT molecular complexity index is 474. The van der Waals surface area contributed by atoms with E-state index in [1.54, 1.807) is 19.5 Å². The molecule has 2 aromatic heterocycles. The zero-order valence-corrected chi connectivity index (χ0v) is 10.4. The van der Waals surface area contributed by atoms with Crippen molar-refractivity contribution in [2.45, 2.75) is 5.33 Å². The van der Waals surface area contributed by atoms with E-state index in [1.165, 1.54) is 0 Å². The van der Waals surface area contributed by atoms with Gasteiger partial charge in [-0.05, 0) is 12.1 Å². The maximum Gasteiger partial charge on any atom is 0.217 e. The van der Waals surface area contributed by atoms with Gasteiger partial charge in [-0.3, -0.25) is 4.98 Å². The Morgan fingerprint density at radius 1 is 1.31 bits per heavy atom. The molecule has 0 atom stereocenters. The first kappa shape index (κ1) is 11.1. The number of hydrogen-bond donors (Lipinski definition) is 0. The molecule has 0 unspecified atom stereocenters. The second kappa shape index (κ2) is 5.07. The number of rotatable bonds is 3. The molecule has 2 heterocycles. The van der Waals surface area contributed by atoms with Crippen LogP contribution >= 0.6 is 15.9 Å². The van der Waals surface area contributed by atoms with E-state index in [0.29, 0.717) is 5.88 Å². The van der Waals surface area contributed by atoms with Crippen LogP contribution in [0.3, 0.4) is 0 Å². The number of pyridine rings is 2. The lowest BCUT2D eigenvalue weighted by Crippen LogP contribution is -1.94. The highest BCUT2D eigenvalue weighted by molar-refractivity contribution is 9.08. The number of ether oxygens (including phenoxy) is 1. The number of alkyl halides is 1. The van der Waals surface area contributed by atoms with Crippen molar-refractivity contribution in [1.29, 1.82) is 0 Å². The SMILES string of the molecule is COc1ncc(-c2cccnc2)cc1CBr. The Morgan fingerprint density at radius 2 is 2.19 bits per heavy atom. The molecule has 0 bridgehead atoms. The summed E-state index contributed by atoms with van der Waals surface area (Å²) in [6.45, 7) is 0. The third-order valence-electron chi connectivity index (χ3n) is 2.26. The highest BCUT2D eigenvalue weighted by atomic mass is 79.9. The summed E-state index contributed by atoms with van der Waals surface area (Å²) in [7, 11) is 1.62. The minimum atomic E-state index is 0.657. The van der Waals surface area contributed by atoms with Gasteiger partial charge in [0, 0.05) is 40.6 Å². The van der Waals surface area contributed by atoms with Crippen LogP contribution in [0.4, 0.5) is 0 Å². The molecular weight excluding hydrogens is 268 g/mol. The third kappa shape index (κ3) is 2.22. The molecule has 0 radical (unpaired) electrons. The Labute approximate surface area is 103 Å². The molecule has 0 saturated heterocycles. The summed E-state index contributed by atoms with van der Waals surface area (Å²) in [6.07, 6.45) is 5.37. The molecule has 3 nitrogen and oxygen atoms in total. The molecule has 0 aliphatic rings. The van der Waals surface area contributed by atoms with Crippen molar-refractivity contribution in [2.75, 3.05) is 7.11 Å². The Kier molecular flexibility index (Phi) is 3.51. The van der Waals surface area contributed by atoms with Gasteiger partial charge in [0.15, 0.2) is 0 Å². The van der Waals surface area contributed by atoms with E-state index < -0.39 is 0 Å². The van der Waals surface area contributed by atoms with E-state index in [4.69, 9.17) is 4.74 Å². The van der Waals surface area contributed by atoms with Crippen LogP contribution in [0, 0.1) is 0 Å². The second-order valence-electron chi connectivity index (χ2n) is 3.27. The normalized spacial score (nSPS) is 10.1. The van der Waals surface area contributed by atoms with Crippen molar-refractivity contribution >= 4 is 15.9 Å². The quantitative estimate of drug-likeness (QED) is 0.810. The first-order valence-electron chi connectivity index (χ1n) is 4.84. The summed E-state index contributed by atoms with van der Waals surface area (Å²) in [6, 6.07) is 5.97. The van der Waals surface area contributed by atoms with Crippen molar-refractivity contribution < 1.29 is 4.74 Å². The van der Waals surface area contributed by atoms with E-state index in [1.807, 2.05) is 18.3 Å². The fourth-order valence-corrected chi connectivity index (χ4v) is 1.87. The van der Waals surface area contributed by atoms with Crippen LogP contribution in [0.25, 0.3) is 11.1 Å². The van der Waals surface area contributed by atoms with Crippen LogP contribution in [-0.4, -0.2) is 17.1 Å². The summed E-state index contributed by atoms with van der Waals surface area (Å²) < 4.78 is 5.17. The van der Waals surface area contributed by atoms with Crippen molar-refractivity contribution in [1.82, 2.24) is 9.97 Å². The van der Waals surface area contributed by atoms with E-state index in [9.17, 15) is 0 Å². The largest absolute Gasteiger partial charge is 0.481 e. The number of aromatic nitrogens is 2. The van der Waals surface area contributed by atoms with Gasteiger partial charge in [0.1, 0.15) is 0 Å². The monoisotopic (exact) mass is 278 g/mol. The van der Waals surface area contributed by atoms with Crippen LogP contribution in [0.15, 0.2) is 36.8 Å². The average molecular weight is 279 g/mol. The van der Waals surface area contributed by atoms with E-state index in [-0.39, 0.29) is 0 Å². The van der Waals surface area contributed by atoms with Crippen LogP contribution in [-0.2, 0) is 5.33 Å². The average Bonchev–Trinajstić information content (AvgIpc) is 2.39. The Morgan fingerprint density at radius 3 is 2.81 bits per heavy atom. The zero-order chi connectivity index (χ0) is 11.4. The summed E-state index contributed by atoms with van der Waals surface area (Å²) in [5.41, 5.74) is 3.13. The third-order valence-corrected chi connectivity index (χ3v) is 2.86. The van der Waals surface area contributed by atoms with Crippen LogP contribution in [0.2, 0.25) is 0 Å². The van der Waals surface area contributed by atoms with Gasteiger partial charge in [-0.1, -0.05) is 22.0 Å². The molecule has 0 aliphatic carbocycles. The van der Waals surface area contributed by atoms with Gasteiger partial charge in [0.05, 0.1) is 7.11 Å². The molecule has 2 aromatic rings. The van der Waals surface area contributed by atoms with E-state index in [2.05, 4.69) is 32.0 Å². The van der Waals surface area contributed by atoms with Crippen molar-refractivity contribution in [3.63, 3.8) is 0 Å². The lowest BCUT2D eigenvalue weighted by atomic mass is 10.1. The fourth-order valence-electron chi connectivity index (χ4n) is 1.47. The van der Waals surface area contributed by atoms with Gasteiger partial charge in [-0.25, -0.2) is 4.98 Å². The standard InChI is InChI=1S/C12H11BrN2O/c1-16-12-10(6-13)5-11(8-15-12)9-3-2-4-14-7-9/h2-5,7-8H,6H2,1H3. The van der Waals surface area contributed by atoms with Crippen molar-refractivity contribution in [3.05, 3.63) is 42.4 Å². The smallest absolute Gasteiger partial charge is 0.217 e. The highest BCUT2D eigenvalue weighted by Crippen LogP contribution is 2.24. The minimum Gasteiger partial charge on any atom is -0.481 e. The van der Waals surface area contributed by atoms with Crippen LogP contribution in [0.5, 0.6) is 5.88 Å². The molecule has 0 aromatic carbocycles. The number of nitrogens with zero attached hydrogens (tertiary/aromatic N) is 2. The lowest BCUT2D eigenvalue weighted by molar-refractivity contribution is 0.394. The summed E-state index contributed by atoms with van der Waals surface area (Å²) in [4.78, 5) is 8.35. The fraction of sp³-hybridized carbons (Fsp3) is 0.167. The summed E-state index contributed by atoms with van der Waals surface area (Å²) in [5.74, 6) is 0.657. The van der Waals surface area contributed by atoms with Crippen molar-refractivity contribution in [3.8, 4) is 17.0 Å². The van der Waals surface area contributed by atoms with Gasteiger partial charge in [0.25, 0.3) is 0 Å². The van der Waals surface area contributed by atoms with Gasteiger partial charge < -0.3 is 4.74 Å². The molecule has 0 aliphatic heterocycles. The van der Waals surface area contributed by atoms with Crippen LogP contribution in [0.1, 0.15) is 5.56 Å². The first-order chi connectivity index (χ1) is 7.85. The van der Waals surface area contributed by atoms with E-state index in [0.717, 1.165) is 22.0 Å². The predicted molar refractivity (Wildman–Crippen MR) is 66.7 cm³/mol. The van der Waals surface area contributed by atoms with Gasteiger partial charge in [-0.2, -0.15) is 0 Å². The van der Waals surface area contributed by atoms with Gasteiger partial charge in [-0.15, -0.1) is 0 Å². The van der Waals surface area contributed by atoms with E-state index >= 15 is 0 Å². The molecule has 4 heteroatoms. The van der Waals surface area contributed by atoms with Crippen molar-refractivity contribution in [2.24, 2.45) is 0 Å². The molecule has 2 rings (SSSR count). The zero-order valence-electron chi connectivity index (χ0n) is 8.85. The number of hydrogen-bond acceptors (Lipinski definition) is 3. The molecule has 0 N–H and O–H groups in total. The Hall–Kier alpha value is -1.42. The topological polar surface area (TPSA) is 35.0 Å². The highest BCUT2D eigenvalue weighted by Gasteiger charge is 2.06. The van der Waals surface area contributed by atoms with Gasteiger partial charge >= 0.3 is 0 Å².